The van der Waals surface area contributed by atoms with Gasteiger partial charge in [-0.25, -0.2) is 4.98 Å². The summed E-state index contributed by atoms with van der Waals surface area (Å²) in [5.74, 6) is 0. The lowest BCUT2D eigenvalue weighted by molar-refractivity contribution is 0.841. The molecule has 0 unspecified atom stereocenters. The molecule has 0 N–H and O–H groups in total. The molecule has 0 spiro atoms. The van der Waals surface area contributed by atoms with Gasteiger partial charge in [0.15, 0.2) is 0 Å². The van der Waals surface area contributed by atoms with Crippen LogP contribution in [0.25, 0.3) is 0 Å². The molecule has 0 atom stereocenters. The maximum absolute atomic E-state index is 10.6. The van der Waals surface area contributed by atoms with E-state index in [0.29, 0.717) is 5.15 Å². The molecule has 0 aliphatic heterocycles. The zero-order chi connectivity index (χ0) is 6.85. The van der Waals surface area contributed by atoms with Crippen LogP contribution in [0.3, 0.4) is 0 Å². The normalized spacial score (nSPS) is 9.56. The van der Waals surface area contributed by atoms with E-state index in [2.05, 4.69) is 4.98 Å². The predicted octanol–water partition coefficient (Wildman–Crippen LogP) is 0.434. The first kappa shape index (κ1) is 6.29. The van der Waals surface area contributed by atoms with E-state index >= 15 is 0 Å². The van der Waals surface area contributed by atoms with E-state index in [1.165, 1.54) is 17.0 Å². The molecule has 4 heteroatoms. The zero-order valence-corrected chi connectivity index (χ0v) is 5.59. The summed E-state index contributed by atoms with van der Waals surface area (Å²) in [7, 11) is 1.62. The number of aryl methyl sites for hydroxylation is 1. The third kappa shape index (κ3) is 1.29. The number of rotatable bonds is 0. The second kappa shape index (κ2) is 2.19. The molecule has 0 aromatic carbocycles. The predicted molar refractivity (Wildman–Crippen MR) is 34.5 cm³/mol. The van der Waals surface area contributed by atoms with Crippen molar-refractivity contribution in [2.24, 2.45) is 7.05 Å². The van der Waals surface area contributed by atoms with E-state index in [4.69, 9.17) is 11.6 Å². The van der Waals surface area contributed by atoms with Crippen LogP contribution in [0.1, 0.15) is 0 Å². The number of aromatic nitrogens is 2. The Morgan fingerprint density at radius 1 is 1.78 bits per heavy atom. The van der Waals surface area contributed by atoms with Crippen LogP contribution in [0, 0.1) is 0 Å². The second-order valence-electron chi connectivity index (χ2n) is 1.66. The van der Waals surface area contributed by atoms with E-state index in [0.717, 1.165) is 0 Å². The summed E-state index contributed by atoms with van der Waals surface area (Å²) >= 11 is 5.45. The van der Waals surface area contributed by atoms with Crippen LogP contribution in [0.2, 0.25) is 5.15 Å². The molecule has 0 aliphatic carbocycles. The van der Waals surface area contributed by atoms with Gasteiger partial charge in [0, 0.05) is 13.2 Å². The molecule has 0 radical (unpaired) electrons. The van der Waals surface area contributed by atoms with Gasteiger partial charge in [0.1, 0.15) is 5.15 Å². The van der Waals surface area contributed by atoms with Crippen LogP contribution in [0.4, 0.5) is 0 Å². The van der Waals surface area contributed by atoms with Gasteiger partial charge in [-0.2, -0.15) is 0 Å². The summed E-state index contributed by atoms with van der Waals surface area (Å²) in [6.45, 7) is 0. The van der Waals surface area contributed by atoms with Gasteiger partial charge >= 0.3 is 0 Å². The highest BCUT2D eigenvalue weighted by Gasteiger charge is 1.89. The molecule has 1 heterocycles. The first-order valence-electron chi connectivity index (χ1n) is 2.38. The van der Waals surface area contributed by atoms with Gasteiger partial charge in [-0.1, -0.05) is 11.6 Å². The first-order valence-corrected chi connectivity index (χ1v) is 2.76. The Morgan fingerprint density at radius 2 is 2.44 bits per heavy atom. The van der Waals surface area contributed by atoms with E-state index in [1.807, 2.05) is 0 Å². The van der Waals surface area contributed by atoms with Crippen LogP contribution in [0.5, 0.6) is 0 Å². The highest BCUT2D eigenvalue weighted by Crippen LogP contribution is 1.95. The Balaban J connectivity index is 3.34. The Kier molecular flexibility index (Phi) is 1.53. The van der Waals surface area contributed by atoms with Gasteiger partial charge in [-0.15, -0.1) is 0 Å². The average Bonchev–Trinajstić information content (AvgIpc) is 1.80. The Hall–Kier alpha value is -0.830. The van der Waals surface area contributed by atoms with E-state index in [-0.39, 0.29) is 5.56 Å². The van der Waals surface area contributed by atoms with Gasteiger partial charge < -0.3 is 4.57 Å². The Morgan fingerprint density at radius 3 is 2.89 bits per heavy atom. The molecular weight excluding hydrogens is 140 g/mol. The summed E-state index contributed by atoms with van der Waals surface area (Å²) in [5, 5.41) is 0.331. The van der Waals surface area contributed by atoms with Crippen molar-refractivity contribution < 1.29 is 0 Å². The van der Waals surface area contributed by atoms with Crippen LogP contribution < -0.4 is 5.56 Å². The van der Waals surface area contributed by atoms with E-state index in [1.54, 1.807) is 7.05 Å². The number of hydrogen-bond donors (Lipinski definition) is 0. The quantitative estimate of drug-likeness (QED) is 0.530. The SMILES string of the molecule is Cn1cc(Cl)ncc1=O. The fraction of sp³-hybridized carbons (Fsp3) is 0.200. The van der Waals surface area contributed by atoms with Crippen molar-refractivity contribution in [1.82, 2.24) is 9.55 Å². The van der Waals surface area contributed by atoms with Gasteiger partial charge in [-0.05, 0) is 0 Å². The van der Waals surface area contributed by atoms with Crippen LogP contribution in [-0.4, -0.2) is 9.55 Å². The molecule has 0 saturated heterocycles. The van der Waals surface area contributed by atoms with Gasteiger partial charge in [0.05, 0.1) is 6.20 Å². The molecule has 48 valence electrons. The molecule has 1 aromatic rings. The summed E-state index contributed by atoms with van der Waals surface area (Å²) in [6, 6.07) is 0. The highest BCUT2D eigenvalue weighted by atomic mass is 35.5. The number of nitrogens with zero attached hydrogens (tertiary/aromatic N) is 2. The maximum Gasteiger partial charge on any atom is 0.268 e. The van der Waals surface area contributed by atoms with Crippen molar-refractivity contribution in [2.75, 3.05) is 0 Å². The number of hydrogen-bond acceptors (Lipinski definition) is 2. The molecule has 0 aliphatic rings. The largest absolute Gasteiger partial charge is 0.314 e. The monoisotopic (exact) mass is 144 g/mol. The third-order valence-electron chi connectivity index (χ3n) is 0.946. The van der Waals surface area contributed by atoms with Gasteiger partial charge in [0.2, 0.25) is 0 Å². The van der Waals surface area contributed by atoms with Crippen LogP contribution in [-0.2, 0) is 7.05 Å². The molecule has 3 nitrogen and oxygen atoms in total. The second-order valence-corrected chi connectivity index (χ2v) is 2.05. The van der Waals surface area contributed by atoms with E-state index in [9.17, 15) is 4.79 Å². The standard InChI is InChI=1S/C5H5ClN2O/c1-8-3-4(6)7-2-5(8)9/h2-3H,1H3. The minimum Gasteiger partial charge on any atom is -0.314 e. The topological polar surface area (TPSA) is 34.9 Å². The summed E-state index contributed by atoms with van der Waals surface area (Å²) in [6.07, 6.45) is 2.65. The molecule has 9 heavy (non-hydrogen) atoms. The molecule has 0 bridgehead atoms. The highest BCUT2D eigenvalue weighted by molar-refractivity contribution is 6.29. The van der Waals surface area contributed by atoms with Crippen molar-refractivity contribution in [3.8, 4) is 0 Å². The summed E-state index contributed by atoms with van der Waals surface area (Å²) in [5.41, 5.74) is -0.153. The molecule has 0 saturated carbocycles. The maximum atomic E-state index is 10.6. The molecule has 0 amide bonds. The number of halogens is 1. The van der Waals surface area contributed by atoms with Gasteiger partial charge in [0.25, 0.3) is 5.56 Å². The van der Waals surface area contributed by atoms with Crippen LogP contribution in [0.15, 0.2) is 17.2 Å². The smallest absolute Gasteiger partial charge is 0.268 e. The van der Waals surface area contributed by atoms with Gasteiger partial charge in [-0.3, -0.25) is 4.79 Å². The van der Waals surface area contributed by atoms with Crippen molar-refractivity contribution in [3.63, 3.8) is 0 Å². The fourth-order valence-corrected chi connectivity index (χ4v) is 0.660. The lowest BCUT2D eigenvalue weighted by Crippen LogP contribution is -2.14. The van der Waals surface area contributed by atoms with Crippen molar-refractivity contribution in [2.45, 2.75) is 0 Å². The molecule has 1 rings (SSSR count). The lowest BCUT2D eigenvalue weighted by Gasteiger charge is -1.92. The van der Waals surface area contributed by atoms with E-state index < -0.39 is 0 Å². The minimum atomic E-state index is -0.153. The molecule has 0 fully saturated rings. The Bertz CT molecular complexity index is 268. The average molecular weight is 145 g/mol. The molecule has 1 aromatic heterocycles. The Labute approximate surface area is 56.9 Å². The molecular formula is C5H5ClN2O. The van der Waals surface area contributed by atoms with Crippen molar-refractivity contribution >= 4 is 11.6 Å². The minimum absolute atomic E-state index is 0.153. The van der Waals surface area contributed by atoms with Crippen LogP contribution >= 0.6 is 11.6 Å². The fourth-order valence-electron chi connectivity index (χ4n) is 0.465. The van der Waals surface area contributed by atoms with Crippen molar-refractivity contribution in [1.29, 1.82) is 0 Å². The third-order valence-corrected chi connectivity index (χ3v) is 1.14. The zero-order valence-electron chi connectivity index (χ0n) is 4.84. The summed E-state index contributed by atoms with van der Waals surface area (Å²) in [4.78, 5) is 14.2. The summed E-state index contributed by atoms with van der Waals surface area (Å²) < 4.78 is 1.37. The van der Waals surface area contributed by atoms with Crippen molar-refractivity contribution in [3.05, 3.63) is 27.9 Å². The lowest BCUT2D eigenvalue weighted by atomic mass is 10.7. The first-order chi connectivity index (χ1) is 4.20.